The van der Waals surface area contributed by atoms with Gasteiger partial charge < -0.3 is 4.74 Å². The largest absolute Gasteiger partial charge is 0.455 e. The predicted molar refractivity (Wildman–Crippen MR) is 56.2 cm³/mol. The maximum absolute atomic E-state index is 11.5. The molecule has 1 fully saturated rings. The van der Waals surface area contributed by atoms with E-state index in [-0.39, 0.29) is 11.4 Å². The molecule has 0 atom stereocenters. The van der Waals surface area contributed by atoms with Gasteiger partial charge in [-0.15, -0.1) is 0 Å². The summed E-state index contributed by atoms with van der Waals surface area (Å²) in [4.78, 5) is 11.5. The summed E-state index contributed by atoms with van der Waals surface area (Å²) in [5.41, 5.74) is -0.177. The molecule has 0 aromatic rings. The van der Waals surface area contributed by atoms with Gasteiger partial charge in [-0.1, -0.05) is 19.3 Å². The van der Waals surface area contributed by atoms with Crippen molar-refractivity contribution in [2.24, 2.45) is 5.41 Å². The van der Waals surface area contributed by atoms with Gasteiger partial charge in [0.15, 0.2) is 0 Å². The number of hydrogen-bond donors (Lipinski definition) is 0. The highest BCUT2D eigenvalue weighted by molar-refractivity contribution is 14.1. The number of rotatable bonds is 2. The van der Waals surface area contributed by atoms with Gasteiger partial charge >= 0.3 is 5.97 Å². The first-order valence-corrected chi connectivity index (χ1v) is 5.95. The minimum atomic E-state index is -0.177. The molecule has 3 heteroatoms. The van der Waals surface area contributed by atoms with Gasteiger partial charge in [0.1, 0.15) is 4.61 Å². The van der Waals surface area contributed by atoms with Crippen LogP contribution in [0.2, 0.25) is 0 Å². The Hall–Kier alpha value is 0.200. The summed E-state index contributed by atoms with van der Waals surface area (Å²) >= 11 is 2.06. The average Bonchev–Trinajstić information content (AvgIpc) is 2.06. The van der Waals surface area contributed by atoms with E-state index in [4.69, 9.17) is 4.74 Å². The standard InChI is InChI=1S/C9H15IO2/c1-9(8(11)12-7-10)5-3-2-4-6-9/h2-7H2,1H3. The lowest BCUT2D eigenvalue weighted by atomic mass is 9.76. The molecule has 0 radical (unpaired) electrons. The minimum absolute atomic E-state index is 0.00315. The second-order valence-electron chi connectivity index (χ2n) is 3.66. The van der Waals surface area contributed by atoms with Gasteiger partial charge in [0, 0.05) is 0 Å². The number of alkyl halides is 1. The van der Waals surface area contributed by atoms with Crippen molar-refractivity contribution in [1.29, 1.82) is 0 Å². The van der Waals surface area contributed by atoms with Crippen molar-refractivity contribution >= 4 is 28.6 Å². The molecule has 1 aliphatic carbocycles. The van der Waals surface area contributed by atoms with Gasteiger partial charge in [0.2, 0.25) is 0 Å². The molecule has 0 bridgehead atoms. The van der Waals surface area contributed by atoms with Crippen molar-refractivity contribution in [2.45, 2.75) is 39.0 Å². The monoisotopic (exact) mass is 282 g/mol. The third-order valence-electron chi connectivity index (χ3n) is 2.64. The molecule has 1 saturated carbocycles. The van der Waals surface area contributed by atoms with Crippen molar-refractivity contribution in [3.8, 4) is 0 Å². The number of ether oxygens (including phenoxy) is 1. The molecule has 1 aliphatic rings. The molecule has 0 aliphatic heterocycles. The predicted octanol–water partition coefficient (Wildman–Crippen LogP) is 2.89. The highest BCUT2D eigenvalue weighted by Crippen LogP contribution is 2.36. The van der Waals surface area contributed by atoms with E-state index in [0.717, 1.165) is 12.8 Å². The minimum Gasteiger partial charge on any atom is -0.455 e. The highest BCUT2D eigenvalue weighted by atomic mass is 127. The zero-order chi connectivity index (χ0) is 9.03. The second-order valence-corrected chi connectivity index (χ2v) is 4.29. The van der Waals surface area contributed by atoms with Gasteiger partial charge in [-0.25, -0.2) is 0 Å². The van der Waals surface area contributed by atoms with Crippen LogP contribution < -0.4 is 0 Å². The van der Waals surface area contributed by atoms with Crippen LogP contribution in [0.25, 0.3) is 0 Å². The van der Waals surface area contributed by atoms with Crippen LogP contribution >= 0.6 is 22.6 Å². The van der Waals surface area contributed by atoms with E-state index in [1.807, 2.05) is 6.92 Å². The highest BCUT2D eigenvalue weighted by Gasteiger charge is 2.35. The van der Waals surface area contributed by atoms with Crippen molar-refractivity contribution < 1.29 is 9.53 Å². The summed E-state index contributed by atoms with van der Waals surface area (Å²) in [6, 6.07) is 0. The van der Waals surface area contributed by atoms with Crippen LogP contribution in [-0.4, -0.2) is 10.6 Å². The molecule has 70 valence electrons. The van der Waals surface area contributed by atoms with Crippen LogP contribution in [0.4, 0.5) is 0 Å². The van der Waals surface area contributed by atoms with Crippen molar-refractivity contribution in [3.63, 3.8) is 0 Å². The number of esters is 1. The Kier molecular flexibility index (Phi) is 3.80. The number of carbonyl (C=O) groups is 1. The molecule has 0 aromatic carbocycles. The van der Waals surface area contributed by atoms with Crippen molar-refractivity contribution in [2.75, 3.05) is 4.61 Å². The van der Waals surface area contributed by atoms with Crippen LogP contribution in [0.3, 0.4) is 0 Å². The Morgan fingerprint density at radius 2 is 2.00 bits per heavy atom. The summed E-state index contributed by atoms with van der Waals surface area (Å²) in [5, 5.41) is 0. The van der Waals surface area contributed by atoms with E-state index in [2.05, 4.69) is 22.6 Å². The van der Waals surface area contributed by atoms with E-state index >= 15 is 0 Å². The van der Waals surface area contributed by atoms with E-state index in [0.29, 0.717) is 4.61 Å². The summed E-state index contributed by atoms with van der Waals surface area (Å²) < 4.78 is 5.51. The van der Waals surface area contributed by atoms with Gasteiger partial charge in [-0.05, 0) is 42.4 Å². The van der Waals surface area contributed by atoms with Gasteiger partial charge in [-0.2, -0.15) is 0 Å². The Balaban J connectivity index is 2.50. The van der Waals surface area contributed by atoms with E-state index in [9.17, 15) is 4.79 Å². The first-order chi connectivity index (χ1) is 5.69. The summed E-state index contributed by atoms with van der Waals surface area (Å²) in [6.45, 7) is 2.03. The SMILES string of the molecule is CC1(C(=O)OCI)CCCCC1. The third-order valence-corrected chi connectivity index (χ3v) is 2.95. The third kappa shape index (κ3) is 2.34. The Morgan fingerprint density at radius 3 is 2.50 bits per heavy atom. The second kappa shape index (κ2) is 4.44. The normalized spacial score (nSPS) is 21.8. The average molecular weight is 282 g/mol. The van der Waals surface area contributed by atoms with Gasteiger partial charge in [0.05, 0.1) is 5.41 Å². The molecule has 1 rings (SSSR count). The molecule has 0 N–H and O–H groups in total. The molecule has 0 saturated heterocycles. The zero-order valence-corrected chi connectivity index (χ0v) is 9.59. The molecule has 0 aromatic heterocycles. The fourth-order valence-electron chi connectivity index (χ4n) is 1.76. The molecule has 0 spiro atoms. The molecule has 0 heterocycles. The van der Waals surface area contributed by atoms with Crippen molar-refractivity contribution in [1.82, 2.24) is 0 Å². The van der Waals surface area contributed by atoms with Gasteiger partial charge in [0.25, 0.3) is 0 Å². The number of carbonyl (C=O) groups excluding carboxylic acids is 1. The molecular weight excluding hydrogens is 267 g/mol. The van der Waals surface area contributed by atoms with E-state index in [1.54, 1.807) is 0 Å². The topological polar surface area (TPSA) is 26.3 Å². The zero-order valence-electron chi connectivity index (χ0n) is 7.44. The van der Waals surface area contributed by atoms with Crippen LogP contribution in [-0.2, 0) is 9.53 Å². The first-order valence-electron chi connectivity index (χ1n) is 4.42. The van der Waals surface area contributed by atoms with E-state index in [1.165, 1.54) is 19.3 Å². The molecule has 2 nitrogen and oxygen atoms in total. The van der Waals surface area contributed by atoms with Crippen LogP contribution in [0.5, 0.6) is 0 Å². The van der Waals surface area contributed by atoms with Gasteiger partial charge in [-0.3, -0.25) is 4.79 Å². The Morgan fingerprint density at radius 1 is 1.42 bits per heavy atom. The lowest BCUT2D eigenvalue weighted by molar-refractivity contribution is -0.154. The fraction of sp³-hybridized carbons (Fsp3) is 0.889. The number of hydrogen-bond acceptors (Lipinski definition) is 2. The fourth-order valence-corrected chi connectivity index (χ4v) is 2.04. The smallest absolute Gasteiger partial charge is 0.312 e. The quantitative estimate of drug-likeness (QED) is 0.442. The Labute approximate surface area is 87.2 Å². The van der Waals surface area contributed by atoms with E-state index < -0.39 is 0 Å². The van der Waals surface area contributed by atoms with Crippen LogP contribution in [0.1, 0.15) is 39.0 Å². The summed E-state index contributed by atoms with van der Waals surface area (Å²) in [6.07, 6.45) is 5.62. The molecule has 12 heavy (non-hydrogen) atoms. The lowest BCUT2D eigenvalue weighted by Gasteiger charge is -2.30. The lowest BCUT2D eigenvalue weighted by Crippen LogP contribution is -2.31. The van der Waals surface area contributed by atoms with Crippen LogP contribution in [0.15, 0.2) is 0 Å². The summed E-state index contributed by atoms with van der Waals surface area (Å²) in [7, 11) is 0. The molecule has 0 unspecified atom stereocenters. The summed E-state index contributed by atoms with van der Waals surface area (Å²) in [5.74, 6) is -0.00315. The molecular formula is C9H15IO2. The number of halogens is 1. The Bertz CT molecular complexity index is 162. The molecule has 0 amide bonds. The van der Waals surface area contributed by atoms with Crippen molar-refractivity contribution in [3.05, 3.63) is 0 Å². The van der Waals surface area contributed by atoms with Crippen LogP contribution in [0, 0.1) is 5.41 Å². The maximum Gasteiger partial charge on any atom is 0.312 e. The first kappa shape index (κ1) is 10.3. The maximum atomic E-state index is 11.5.